The molecule has 28 heteroatoms. The number of guanidine groups is 2. The van der Waals surface area contributed by atoms with Crippen molar-refractivity contribution in [2.24, 2.45) is 44.4 Å². The molecule has 1 aliphatic rings. The molecule has 0 radical (unpaired) electrons. The minimum absolute atomic E-state index is 0.00339. The fraction of sp³-hybridized carbons (Fsp3) is 0.407. The minimum atomic E-state index is -1.61. The summed E-state index contributed by atoms with van der Waals surface area (Å²) in [5.41, 5.74) is 35.6. The highest BCUT2D eigenvalue weighted by atomic mass is 35.5. The van der Waals surface area contributed by atoms with Crippen LogP contribution >= 0.6 is 11.6 Å². The summed E-state index contributed by atoms with van der Waals surface area (Å²) in [5, 5.41) is 22.3. The van der Waals surface area contributed by atoms with Crippen molar-refractivity contribution in [1.29, 1.82) is 0 Å². The van der Waals surface area contributed by atoms with Gasteiger partial charge in [0.2, 0.25) is 59.1 Å². The van der Waals surface area contributed by atoms with Crippen molar-refractivity contribution in [3.8, 4) is 0 Å². The number of amides is 10. The summed E-state index contributed by atoms with van der Waals surface area (Å²) < 4.78 is 0. The third kappa shape index (κ3) is 20.4. The molecule has 1 saturated heterocycles. The average molecular weight is 1150 g/mol. The van der Waals surface area contributed by atoms with E-state index in [0.717, 1.165) is 10.9 Å². The van der Waals surface area contributed by atoms with Crippen LogP contribution in [-0.4, -0.2) is 138 Å². The van der Waals surface area contributed by atoms with Crippen LogP contribution in [0.4, 0.5) is 0 Å². The second-order valence-electron chi connectivity index (χ2n) is 19.6. The van der Waals surface area contributed by atoms with E-state index in [4.69, 9.17) is 46.0 Å². The van der Waals surface area contributed by atoms with Crippen LogP contribution in [0.15, 0.2) is 89.0 Å². The molecule has 1 aromatic heterocycles. The van der Waals surface area contributed by atoms with Crippen molar-refractivity contribution in [3.05, 3.63) is 106 Å². The third-order valence-corrected chi connectivity index (χ3v) is 13.6. The molecule has 2 heterocycles. The molecule has 1 unspecified atom stereocenters. The van der Waals surface area contributed by atoms with E-state index in [1.54, 1.807) is 42.6 Å². The molecule has 3 aromatic carbocycles. The Kier molecular flexibility index (Phi) is 24.4. The highest BCUT2D eigenvalue weighted by Crippen LogP contribution is 2.21. The number of carbonyl (C=O) groups is 10. The van der Waals surface area contributed by atoms with E-state index in [2.05, 4.69) is 57.5 Å². The maximum absolute atomic E-state index is 15.0. The van der Waals surface area contributed by atoms with E-state index >= 15 is 0 Å². The summed E-state index contributed by atoms with van der Waals surface area (Å²) in [6.45, 7) is 1.22. The number of para-hydroxylation sites is 1. The minimum Gasteiger partial charge on any atom is -0.370 e. The van der Waals surface area contributed by atoms with Crippen LogP contribution in [0.3, 0.4) is 0 Å². The molecule has 27 nitrogen and oxygen atoms in total. The first-order chi connectivity index (χ1) is 39.1. The summed E-state index contributed by atoms with van der Waals surface area (Å²) in [6, 6.07) is 9.42. The Hall–Kier alpha value is -9.27. The molecule has 1 aliphatic heterocycles. The van der Waals surface area contributed by atoms with Crippen LogP contribution in [0.1, 0.15) is 85.3 Å². The molecule has 10 amide bonds. The Morgan fingerprint density at radius 2 is 1.27 bits per heavy atom. The predicted molar refractivity (Wildman–Crippen MR) is 306 cm³/mol. The summed E-state index contributed by atoms with van der Waals surface area (Å²) in [5.74, 6) is -8.76. The molecule has 82 heavy (non-hydrogen) atoms. The van der Waals surface area contributed by atoms with Crippen molar-refractivity contribution in [2.45, 2.75) is 120 Å². The number of aromatic nitrogens is 1. The number of primary amides is 2. The highest BCUT2D eigenvalue weighted by Gasteiger charge is 2.35. The number of carbonyl (C=O) groups excluding carboxylic acids is 10. The molecule has 0 saturated carbocycles. The van der Waals surface area contributed by atoms with Gasteiger partial charge in [-0.25, -0.2) is 0 Å². The normalized spacial score (nSPS) is 20.2. The predicted octanol–water partition coefficient (Wildman–Crippen LogP) is -2.36. The first-order valence-corrected chi connectivity index (χ1v) is 26.9. The maximum atomic E-state index is 15.0. The SMILES string of the molecule is CC(=O)N[C@@H](CCCN=C(N)N)C(=O)N[C@H]1CCC(=O)NCCCC(C(N)=O)NC(=O)[C@H](Cc2c[nH]c3ccccc23)NC(=O)[C@H](CCCN=C(N)N)NC(=O)[C@@H](Cc2ccccc2Cl)NC(=O)[C@H](Cc2cccc(C(N)=O)c2)NC1=O. The number of benzene rings is 3. The van der Waals surface area contributed by atoms with Gasteiger partial charge < -0.3 is 81.9 Å². The summed E-state index contributed by atoms with van der Waals surface area (Å²) in [6.07, 6.45) is 0.338. The van der Waals surface area contributed by atoms with Crippen LogP contribution in [0.5, 0.6) is 0 Å². The van der Waals surface area contributed by atoms with Gasteiger partial charge >= 0.3 is 0 Å². The number of hydrogen-bond acceptors (Lipinski definition) is 12. The summed E-state index contributed by atoms with van der Waals surface area (Å²) in [7, 11) is 0. The quantitative estimate of drug-likeness (QED) is 0.0266. The van der Waals surface area contributed by atoms with Crippen LogP contribution in [-0.2, 0) is 62.4 Å². The molecule has 0 spiro atoms. The third-order valence-electron chi connectivity index (χ3n) is 13.2. The lowest BCUT2D eigenvalue weighted by molar-refractivity contribution is -0.135. The second-order valence-corrected chi connectivity index (χ2v) is 20.0. The zero-order valence-electron chi connectivity index (χ0n) is 45.3. The van der Waals surface area contributed by atoms with Crippen LogP contribution in [0.2, 0.25) is 5.02 Å². The van der Waals surface area contributed by atoms with E-state index in [9.17, 15) is 47.9 Å². The molecule has 0 aliphatic carbocycles. The largest absolute Gasteiger partial charge is 0.370 e. The van der Waals surface area contributed by atoms with Gasteiger partial charge in [-0.2, -0.15) is 0 Å². The Morgan fingerprint density at radius 1 is 0.671 bits per heavy atom. The number of halogens is 1. The first kappa shape index (κ1) is 63.6. The average Bonchev–Trinajstić information content (AvgIpc) is 3.83. The van der Waals surface area contributed by atoms with E-state index in [0.29, 0.717) is 16.7 Å². The number of hydrogen-bond donors (Lipinski definition) is 15. The number of nitrogens with two attached hydrogens (primary N) is 6. The number of rotatable bonds is 19. The fourth-order valence-electron chi connectivity index (χ4n) is 9.00. The number of H-pyrrole nitrogens is 1. The van der Waals surface area contributed by atoms with E-state index in [-0.39, 0.29) is 106 Å². The van der Waals surface area contributed by atoms with Gasteiger partial charge in [-0.05, 0) is 85.9 Å². The summed E-state index contributed by atoms with van der Waals surface area (Å²) in [4.78, 5) is 150. The smallest absolute Gasteiger partial charge is 0.248 e. The van der Waals surface area contributed by atoms with Crippen LogP contribution in [0.25, 0.3) is 10.9 Å². The molecular formula is C54H72ClN17O10. The molecule has 7 atom stereocenters. The van der Waals surface area contributed by atoms with Gasteiger partial charge in [-0.3, -0.25) is 57.9 Å². The van der Waals surface area contributed by atoms with E-state index in [1.165, 1.54) is 25.1 Å². The highest BCUT2D eigenvalue weighted by molar-refractivity contribution is 6.31. The van der Waals surface area contributed by atoms with E-state index < -0.39 is 108 Å². The van der Waals surface area contributed by atoms with E-state index in [1.807, 2.05) is 18.2 Å². The van der Waals surface area contributed by atoms with Crippen molar-refractivity contribution in [2.75, 3.05) is 19.6 Å². The van der Waals surface area contributed by atoms with Crippen LogP contribution < -0.4 is 76.9 Å². The Morgan fingerprint density at radius 3 is 1.93 bits per heavy atom. The standard InChI is InChI=1S/C54H72ClN17O10/c1-29(73)66-38(17-8-22-63-53(58)59)47(77)69-40-19-20-44(74)62-21-7-16-37(46(57)76)67-51(81)43(27-33-28-65-36-15-5-3-13-34(33)36)71-48(78)39(18-9-23-64-54(60)61)68-52(82)42(26-31-11-2-4-14-35(31)55)72-50(80)41(70-49(40)79)25-30-10-6-12-32(24-30)45(56)75/h2-6,10-15,24,28,37-43,65H,7-9,16-23,25-27H2,1H3,(H2,56,75)(H2,57,76)(H,62,74)(H,66,73)(H,67,81)(H,68,82)(H,69,77)(H,70,79)(H,71,78)(H,72,80)(H4,58,59,63)(H4,60,61,64)/t37?,38-,39-,40-,41-,42+,43-/m0/s1. The number of fused-ring (bicyclic) bond motifs is 1. The van der Waals surface area contributed by atoms with Gasteiger partial charge in [0.1, 0.15) is 42.3 Å². The van der Waals surface area contributed by atoms with Crippen molar-refractivity contribution in [1.82, 2.24) is 47.5 Å². The Balaban J connectivity index is 1.61. The van der Waals surface area contributed by atoms with Crippen LogP contribution in [0, 0.1) is 0 Å². The lowest BCUT2D eigenvalue weighted by atomic mass is 9.99. The van der Waals surface area contributed by atoms with Gasteiger partial charge in [0.15, 0.2) is 11.9 Å². The monoisotopic (exact) mass is 1150 g/mol. The molecular weight excluding hydrogens is 1080 g/mol. The number of nitrogens with one attached hydrogen (secondary N) is 9. The molecule has 0 bridgehead atoms. The van der Waals surface area contributed by atoms with Gasteiger partial charge in [0, 0.05) is 79.9 Å². The molecule has 21 N–H and O–H groups in total. The van der Waals surface area contributed by atoms with Crippen molar-refractivity contribution in [3.63, 3.8) is 0 Å². The van der Waals surface area contributed by atoms with Crippen molar-refractivity contribution >= 4 is 93.5 Å². The van der Waals surface area contributed by atoms with Gasteiger partial charge in [0.25, 0.3) is 0 Å². The first-order valence-electron chi connectivity index (χ1n) is 26.5. The van der Waals surface area contributed by atoms with Gasteiger partial charge in [0.05, 0.1) is 0 Å². The summed E-state index contributed by atoms with van der Waals surface area (Å²) >= 11 is 6.64. The molecule has 440 valence electrons. The molecule has 4 aromatic rings. The fourth-order valence-corrected chi connectivity index (χ4v) is 9.21. The van der Waals surface area contributed by atoms with Crippen molar-refractivity contribution < 1.29 is 47.9 Å². The second kappa shape index (κ2) is 31.5. The van der Waals surface area contributed by atoms with Gasteiger partial charge in [-0.1, -0.05) is 60.1 Å². The molecule has 1 fully saturated rings. The number of aromatic amines is 1. The Bertz CT molecular complexity index is 3020. The Labute approximate surface area is 477 Å². The molecule has 5 rings (SSSR count). The lowest BCUT2D eigenvalue weighted by Crippen LogP contribution is -2.60. The zero-order valence-corrected chi connectivity index (χ0v) is 46.0. The maximum Gasteiger partial charge on any atom is 0.248 e. The number of nitrogens with zero attached hydrogens (tertiary/aromatic N) is 2. The topological polar surface area (TPSA) is 464 Å². The zero-order chi connectivity index (χ0) is 59.9. The van der Waals surface area contributed by atoms with Gasteiger partial charge in [-0.15, -0.1) is 0 Å². The lowest BCUT2D eigenvalue weighted by Gasteiger charge is -2.28. The number of aliphatic imine (C=N–C) groups is 2.